The second kappa shape index (κ2) is 7.40. The minimum Gasteiger partial charge on any atom is -0.477 e. The van der Waals surface area contributed by atoms with Crippen LogP contribution in [0.15, 0.2) is 71.3 Å². The van der Waals surface area contributed by atoms with Gasteiger partial charge in [-0.25, -0.2) is 4.98 Å². The van der Waals surface area contributed by atoms with Crippen LogP contribution in [0.2, 0.25) is 5.15 Å². The molecule has 32 heavy (non-hydrogen) atoms. The average Bonchev–Trinajstić information content (AvgIpc) is 2.80. The summed E-state index contributed by atoms with van der Waals surface area (Å²) >= 11 is 9.50. The standard InChI is InChI=1S/C24H17BrClNO5/c1-31-22(29)20-19(13-5-3-2-4-6-13)24(14-7-9-15(25)10-8-14)23(20,30)21(28)16-12-27-18(26)11-17(16)32-24/h2-12,19-20,30H,1H3. The smallest absolute Gasteiger partial charge is 0.313 e. The van der Waals surface area contributed by atoms with E-state index >= 15 is 0 Å². The molecule has 162 valence electrons. The molecule has 2 heterocycles. The first-order valence-electron chi connectivity index (χ1n) is 9.85. The Morgan fingerprint density at radius 3 is 2.53 bits per heavy atom. The topological polar surface area (TPSA) is 85.7 Å². The molecule has 0 spiro atoms. The van der Waals surface area contributed by atoms with Crippen LogP contribution in [0.5, 0.6) is 5.75 Å². The first-order valence-corrected chi connectivity index (χ1v) is 11.0. The summed E-state index contributed by atoms with van der Waals surface area (Å²) in [7, 11) is 1.23. The van der Waals surface area contributed by atoms with Crippen molar-refractivity contribution < 1.29 is 24.2 Å². The molecule has 8 heteroatoms. The number of esters is 1. The van der Waals surface area contributed by atoms with Gasteiger partial charge in [0.25, 0.3) is 0 Å². The molecular formula is C24H17BrClNO5. The summed E-state index contributed by atoms with van der Waals surface area (Å²) in [5.41, 5.74) is -2.46. The molecule has 0 amide bonds. The molecule has 0 saturated heterocycles. The molecule has 4 atom stereocenters. The summed E-state index contributed by atoms with van der Waals surface area (Å²) in [5.74, 6) is -3.04. The quantitative estimate of drug-likeness (QED) is 0.415. The molecule has 2 aromatic carbocycles. The van der Waals surface area contributed by atoms with Gasteiger partial charge in [0.2, 0.25) is 5.78 Å². The van der Waals surface area contributed by atoms with Crippen LogP contribution in [0.1, 0.15) is 27.4 Å². The van der Waals surface area contributed by atoms with Crippen LogP contribution >= 0.6 is 27.5 Å². The van der Waals surface area contributed by atoms with Crippen molar-refractivity contribution in [1.29, 1.82) is 0 Å². The highest BCUT2D eigenvalue weighted by molar-refractivity contribution is 9.10. The number of hydrogen-bond acceptors (Lipinski definition) is 6. The number of hydrogen-bond donors (Lipinski definition) is 1. The lowest BCUT2D eigenvalue weighted by Crippen LogP contribution is -2.80. The predicted molar refractivity (Wildman–Crippen MR) is 120 cm³/mol. The van der Waals surface area contributed by atoms with Crippen molar-refractivity contribution in [2.45, 2.75) is 17.1 Å². The number of aliphatic hydroxyl groups is 1. The van der Waals surface area contributed by atoms with Crippen LogP contribution in [-0.2, 0) is 15.1 Å². The monoisotopic (exact) mass is 513 g/mol. The van der Waals surface area contributed by atoms with E-state index in [1.165, 1.54) is 19.4 Å². The van der Waals surface area contributed by atoms with Gasteiger partial charge in [-0.05, 0) is 23.3 Å². The second-order valence-electron chi connectivity index (χ2n) is 7.83. The van der Waals surface area contributed by atoms with Gasteiger partial charge < -0.3 is 14.6 Å². The summed E-state index contributed by atoms with van der Waals surface area (Å²) < 4.78 is 12.3. The molecule has 4 unspecified atom stereocenters. The fourth-order valence-corrected chi connectivity index (χ4v) is 5.44. The van der Waals surface area contributed by atoms with Crippen molar-refractivity contribution in [3.05, 3.63) is 93.2 Å². The Morgan fingerprint density at radius 1 is 1.19 bits per heavy atom. The molecular weight excluding hydrogens is 498 g/mol. The van der Waals surface area contributed by atoms with Gasteiger partial charge in [-0.1, -0.05) is 70.0 Å². The molecule has 1 aromatic heterocycles. The minimum absolute atomic E-state index is 0.0602. The maximum absolute atomic E-state index is 13.7. The van der Waals surface area contributed by atoms with E-state index in [0.717, 1.165) is 10.0 Å². The van der Waals surface area contributed by atoms with Crippen molar-refractivity contribution in [3.63, 3.8) is 0 Å². The van der Waals surface area contributed by atoms with Gasteiger partial charge in [0.15, 0.2) is 11.2 Å². The van der Waals surface area contributed by atoms with Gasteiger partial charge >= 0.3 is 5.97 Å². The van der Waals surface area contributed by atoms with Gasteiger partial charge in [0, 0.05) is 22.7 Å². The van der Waals surface area contributed by atoms with E-state index in [4.69, 9.17) is 21.1 Å². The Kier molecular flexibility index (Phi) is 4.89. The average molecular weight is 515 g/mol. The van der Waals surface area contributed by atoms with Crippen molar-refractivity contribution in [3.8, 4) is 5.75 Å². The number of fused-ring (bicyclic) bond motifs is 2. The Labute approximate surface area is 197 Å². The van der Waals surface area contributed by atoms with Gasteiger partial charge in [-0.2, -0.15) is 0 Å². The van der Waals surface area contributed by atoms with Crippen LogP contribution in [0, 0.1) is 5.92 Å². The normalized spacial score (nSPS) is 28.1. The Morgan fingerprint density at radius 2 is 1.88 bits per heavy atom. The van der Waals surface area contributed by atoms with Crippen LogP contribution < -0.4 is 4.74 Å². The van der Waals surface area contributed by atoms with Crippen molar-refractivity contribution in [2.24, 2.45) is 5.92 Å². The van der Waals surface area contributed by atoms with Crippen LogP contribution in [0.3, 0.4) is 0 Å². The SMILES string of the molecule is COC(=O)C1C(c2ccccc2)C2(c3ccc(Br)cc3)Oc3cc(Cl)ncc3C(=O)C12O. The lowest BCUT2D eigenvalue weighted by atomic mass is 9.44. The lowest BCUT2D eigenvalue weighted by Gasteiger charge is -2.65. The molecule has 6 nitrogen and oxygen atoms in total. The summed E-state index contributed by atoms with van der Waals surface area (Å²) in [6.45, 7) is 0. The molecule has 0 radical (unpaired) electrons. The summed E-state index contributed by atoms with van der Waals surface area (Å²) in [5, 5.41) is 12.2. The molecule has 2 aliphatic rings. The predicted octanol–water partition coefficient (Wildman–Crippen LogP) is 4.29. The van der Waals surface area contributed by atoms with Crippen LogP contribution in [0.4, 0.5) is 0 Å². The first-order chi connectivity index (χ1) is 15.3. The number of ether oxygens (including phenoxy) is 2. The fourth-order valence-electron chi connectivity index (χ4n) is 5.02. The van der Waals surface area contributed by atoms with E-state index in [9.17, 15) is 14.7 Å². The third-order valence-corrected chi connectivity index (χ3v) is 7.10. The number of aromatic nitrogens is 1. The van der Waals surface area contributed by atoms with E-state index in [1.807, 2.05) is 30.3 Å². The van der Waals surface area contributed by atoms with Gasteiger partial charge in [0.05, 0.1) is 12.7 Å². The number of rotatable bonds is 3. The van der Waals surface area contributed by atoms with Gasteiger partial charge in [0.1, 0.15) is 16.8 Å². The Balaban J connectivity index is 1.83. The molecule has 1 N–H and O–H groups in total. The van der Waals surface area contributed by atoms with E-state index in [0.29, 0.717) is 5.56 Å². The fraction of sp³-hybridized carbons (Fsp3) is 0.208. The number of benzene rings is 2. The Bertz CT molecular complexity index is 1230. The number of Topliss-reactive ketones (excluding diaryl/α,β-unsaturated/α-hetero) is 1. The van der Waals surface area contributed by atoms with E-state index in [-0.39, 0.29) is 16.5 Å². The zero-order valence-corrected chi connectivity index (χ0v) is 19.1. The maximum atomic E-state index is 13.7. The highest BCUT2D eigenvalue weighted by Gasteiger charge is 2.82. The zero-order chi connectivity index (χ0) is 22.7. The molecule has 1 aliphatic carbocycles. The molecule has 0 bridgehead atoms. The number of carbonyl (C=O) groups is 2. The molecule has 5 rings (SSSR count). The third-order valence-electron chi connectivity index (χ3n) is 6.37. The summed E-state index contributed by atoms with van der Waals surface area (Å²) in [6, 6.07) is 17.7. The molecule has 1 aliphatic heterocycles. The van der Waals surface area contributed by atoms with Crippen molar-refractivity contribution in [2.75, 3.05) is 7.11 Å². The van der Waals surface area contributed by atoms with Crippen molar-refractivity contribution >= 4 is 39.3 Å². The molecule has 1 fully saturated rings. The largest absolute Gasteiger partial charge is 0.477 e. The zero-order valence-electron chi connectivity index (χ0n) is 16.8. The highest BCUT2D eigenvalue weighted by Crippen LogP contribution is 2.68. The van der Waals surface area contributed by atoms with E-state index in [2.05, 4.69) is 20.9 Å². The van der Waals surface area contributed by atoms with E-state index in [1.54, 1.807) is 24.3 Å². The Hall–Kier alpha value is -2.74. The number of nitrogens with zero attached hydrogens (tertiary/aromatic N) is 1. The number of halogens is 2. The molecule has 1 saturated carbocycles. The second-order valence-corrected chi connectivity index (χ2v) is 9.14. The minimum atomic E-state index is -2.21. The number of carbonyl (C=O) groups excluding carboxylic acids is 2. The van der Waals surface area contributed by atoms with Crippen LogP contribution in [0.25, 0.3) is 0 Å². The van der Waals surface area contributed by atoms with Gasteiger partial charge in [-0.3, -0.25) is 9.59 Å². The van der Waals surface area contributed by atoms with Gasteiger partial charge in [-0.15, -0.1) is 0 Å². The first kappa shape index (κ1) is 21.1. The van der Waals surface area contributed by atoms with Crippen LogP contribution in [-0.4, -0.2) is 34.6 Å². The number of ketones is 1. The third kappa shape index (κ3) is 2.65. The number of methoxy groups -OCH3 is 1. The molecule has 3 aromatic rings. The lowest BCUT2D eigenvalue weighted by molar-refractivity contribution is -0.251. The highest BCUT2D eigenvalue weighted by atomic mass is 79.9. The van der Waals surface area contributed by atoms with E-state index < -0.39 is 34.8 Å². The number of pyridine rings is 1. The maximum Gasteiger partial charge on any atom is 0.313 e. The summed E-state index contributed by atoms with van der Waals surface area (Å²) in [6.07, 6.45) is 1.26. The van der Waals surface area contributed by atoms with Crippen molar-refractivity contribution in [1.82, 2.24) is 4.98 Å². The summed E-state index contributed by atoms with van der Waals surface area (Å²) in [4.78, 5) is 30.6.